The zero-order valence-corrected chi connectivity index (χ0v) is 16.2. The number of aromatic hydroxyl groups is 2. The quantitative estimate of drug-likeness (QED) is 0.233. The zero-order valence-electron chi connectivity index (χ0n) is 9.73. The van der Waals surface area contributed by atoms with E-state index in [0.717, 1.165) is 10.7 Å². The van der Waals surface area contributed by atoms with Gasteiger partial charge in [0.15, 0.2) is 5.75 Å². The Morgan fingerprint density at radius 1 is 1.00 bits per heavy atom. The first-order valence-electron chi connectivity index (χ1n) is 5.27. The second kappa shape index (κ2) is 6.64. The molecule has 104 valence electrons. The monoisotopic (exact) mass is 608 g/mol. The number of carbonyl (C=O) groups excluding carboxylic acids is 1. The standard InChI is InChI=1S/C13H7I3O4/c14-6-3-9(15)12(10(16)4-6)20-13(19)8-5-7(17)1-2-11(8)18/h1-5,17-18H. The topological polar surface area (TPSA) is 66.8 Å². The molecule has 0 saturated heterocycles. The number of benzene rings is 2. The van der Waals surface area contributed by atoms with E-state index in [4.69, 9.17) is 4.74 Å². The number of hydrogen-bond donors (Lipinski definition) is 2. The highest BCUT2D eigenvalue weighted by Gasteiger charge is 2.18. The first kappa shape index (κ1) is 16.1. The molecule has 7 heteroatoms. The number of phenolic OH excluding ortho intramolecular Hbond substituents is 2. The smallest absolute Gasteiger partial charge is 0.347 e. The number of hydrogen-bond acceptors (Lipinski definition) is 4. The maximum atomic E-state index is 12.1. The molecule has 2 aromatic rings. The lowest BCUT2D eigenvalue weighted by Crippen LogP contribution is -2.10. The van der Waals surface area contributed by atoms with Crippen LogP contribution in [0.15, 0.2) is 30.3 Å². The maximum absolute atomic E-state index is 12.1. The highest BCUT2D eigenvalue weighted by atomic mass is 127. The van der Waals surface area contributed by atoms with Crippen LogP contribution in [0.2, 0.25) is 0 Å². The summed E-state index contributed by atoms with van der Waals surface area (Å²) in [6, 6.07) is 7.48. The summed E-state index contributed by atoms with van der Waals surface area (Å²) >= 11 is 6.34. The van der Waals surface area contributed by atoms with Gasteiger partial charge in [0.2, 0.25) is 0 Å². The number of carbonyl (C=O) groups is 1. The lowest BCUT2D eigenvalue weighted by Gasteiger charge is -2.10. The van der Waals surface area contributed by atoms with Crippen molar-refractivity contribution in [3.05, 3.63) is 46.6 Å². The van der Waals surface area contributed by atoms with E-state index in [1.54, 1.807) is 0 Å². The van der Waals surface area contributed by atoms with Crippen molar-refractivity contribution in [1.82, 2.24) is 0 Å². The fourth-order valence-corrected chi connectivity index (χ4v) is 5.26. The van der Waals surface area contributed by atoms with E-state index < -0.39 is 5.97 Å². The molecule has 2 rings (SSSR count). The molecule has 0 bridgehead atoms. The van der Waals surface area contributed by atoms with E-state index >= 15 is 0 Å². The molecule has 2 aromatic carbocycles. The molecule has 0 atom stereocenters. The summed E-state index contributed by atoms with van der Waals surface area (Å²) < 4.78 is 7.96. The van der Waals surface area contributed by atoms with Gasteiger partial charge < -0.3 is 14.9 Å². The van der Waals surface area contributed by atoms with E-state index in [-0.39, 0.29) is 17.1 Å². The van der Waals surface area contributed by atoms with Crippen molar-refractivity contribution in [2.75, 3.05) is 0 Å². The number of ether oxygens (including phenoxy) is 1. The highest BCUT2D eigenvalue weighted by molar-refractivity contribution is 14.1. The molecule has 20 heavy (non-hydrogen) atoms. The summed E-state index contributed by atoms with van der Waals surface area (Å²) in [5.74, 6) is -0.611. The molecule has 0 radical (unpaired) electrons. The van der Waals surface area contributed by atoms with Gasteiger partial charge in [0.05, 0.1) is 7.14 Å². The van der Waals surface area contributed by atoms with Crippen LogP contribution in [0.3, 0.4) is 0 Å². The van der Waals surface area contributed by atoms with Crippen LogP contribution in [0.25, 0.3) is 0 Å². The lowest BCUT2D eigenvalue weighted by molar-refractivity contribution is 0.0728. The van der Waals surface area contributed by atoms with Crippen LogP contribution in [0.5, 0.6) is 17.2 Å². The van der Waals surface area contributed by atoms with Crippen molar-refractivity contribution >= 4 is 73.7 Å². The Kier molecular flexibility index (Phi) is 5.34. The molecule has 0 heterocycles. The Morgan fingerprint density at radius 2 is 1.60 bits per heavy atom. The second-order valence-electron chi connectivity index (χ2n) is 3.79. The Bertz CT molecular complexity index is 662. The van der Waals surface area contributed by atoms with Crippen molar-refractivity contribution in [3.63, 3.8) is 0 Å². The van der Waals surface area contributed by atoms with Gasteiger partial charge in [-0.3, -0.25) is 0 Å². The van der Waals surface area contributed by atoms with Crippen molar-refractivity contribution < 1.29 is 19.7 Å². The minimum atomic E-state index is -0.713. The van der Waals surface area contributed by atoms with Gasteiger partial charge in [-0.1, -0.05) is 0 Å². The minimum absolute atomic E-state index is 0.0739. The molecule has 0 unspecified atom stereocenters. The fourth-order valence-electron chi connectivity index (χ4n) is 1.46. The average molecular weight is 608 g/mol. The van der Waals surface area contributed by atoms with Gasteiger partial charge in [0.1, 0.15) is 17.1 Å². The van der Waals surface area contributed by atoms with Gasteiger partial charge in [-0.15, -0.1) is 0 Å². The first-order chi connectivity index (χ1) is 9.38. The van der Waals surface area contributed by atoms with Crippen LogP contribution in [-0.4, -0.2) is 16.2 Å². The van der Waals surface area contributed by atoms with Gasteiger partial charge >= 0.3 is 5.97 Å². The SMILES string of the molecule is O=C(Oc1c(I)cc(I)cc1I)c1cc(O)ccc1O. The summed E-state index contributed by atoms with van der Waals surface area (Å²) in [6.45, 7) is 0. The largest absolute Gasteiger partial charge is 0.508 e. The van der Waals surface area contributed by atoms with E-state index in [1.165, 1.54) is 18.2 Å². The van der Waals surface area contributed by atoms with Crippen LogP contribution in [-0.2, 0) is 0 Å². The predicted octanol–water partition coefficient (Wildman–Crippen LogP) is 4.13. The Balaban J connectivity index is 2.35. The molecule has 0 fully saturated rings. The summed E-state index contributed by atoms with van der Waals surface area (Å²) in [6.07, 6.45) is 0. The van der Waals surface area contributed by atoms with E-state index in [0.29, 0.717) is 5.75 Å². The normalized spacial score (nSPS) is 10.3. The van der Waals surface area contributed by atoms with Gasteiger partial charge in [-0.05, 0) is 98.1 Å². The van der Waals surface area contributed by atoms with Crippen LogP contribution in [0.4, 0.5) is 0 Å². The maximum Gasteiger partial charge on any atom is 0.347 e. The third kappa shape index (κ3) is 3.67. The number of phenols is 2. The summed E-state index contributed by atoms with van der Waals surface area (Å²) in [7, 11) is 0. The minimum Gasteiger partial charge on any atom is -0.508 e. The Labute approximate surface area is 156 Å². The third-order valence-corrected chi connectivity index (χ3v) is 4.58. The number of esters is 1. The van der Waals surface area contributed by atoms with Gasteiger partial charge in [-0.2, -0.15) is 0 Å². The van der Waals surface area contributed by atoms with Crippen molar-refractivity contribution in [3.8, 4) is 17.2 Å². The lowest BCUT2D eigenvalue weighted by atomic mass is 10.2. The molecule has 0 aromatic heterocycles. The molecular weight excluding hydrogens is 601 g/mol. The van der Waals surface area contributed by atoms with Crippen LogP contribution in [0, 0.1) is 10.7 Å². The summed E-state index contributed by atoms with van der Waals surface area (Å²) in [4.78, 5) is 12.1. The molecule has 0 spiro atoms. The summed E-state index contributed by atoms with van der Waals surface area (Å²) in [5, 5.41) is 19.0. The number of rotatable bonds is 2. The van der Waals surface area contributed by atoms with Gasteiger partial charge in [-0.25, -0.2) is 4.79 Å². The van der Waals surface area contributed by atoms with Crippen molar-refractivity contribution in [2.24, 2.45) is 0 Å². The zero-order chi connectivity index (χ0) is 14.9. The molecule has 2 N–H and O–H groups in total. The van der Waals surface area contributed by atoms with E-state index in [9.17, 15) is 15.0 Å². The van der Waals surface area contributed by atoms with E-state index in [1.807, 2.05) is 12.1 Å². The highest BCUT2D eigenvalue weighted by Crippen LogP contribution is 2.31. The molecule has 0 aliphatic heterocycles. The fraction of sp³-hybridized carbons (Fsp3) is 0. The Hall–Kier alpha value is -0.300. The third-order valence-electron chi connectivity index (χ3n) is 2.36. The van der Waals surface area contributed by atoms with E-state index in [2.05, 4.69) is 67.8 Å². The Morgan fingerprint density at radius 3 is 2.20 bits per heavy atom. The molecule has 4 nitrogen and oxygen atoms in total. The van der Waals surface area contributed by atoms with Crippen LogP contribution in [0.1, 0.15) is 10.4 Å². The van der Waals surface area contributed by atoms with Crippen molar-refractivity contribution in [1.29, 1.82) is 0 Å². The molecule has 0 aliphatic carbocycles. The van der Waals surface area contributed by atoms with Gasteiger partial charge in [0, 0.05) is 3.57 Å². The molecule has 0 saturated carbocycles. The van der Waals surface area contributed by atoms with Crippen LogP contribution < -0.4 is 4.74 Å². The van der Waals surface area contributed by atoms with Crippen LogP contribution >= 0.6 is 67.8 Å². The van der Waals surface area contributed by atoms with Gasteiger partial charge in [0.25, 0.3) is 0 Å². The summed E-state index contributed by atoms with van der Waals surface area (Å²) in [5.41, 5.74) is -0.0739. The average Bonchev–Trinajstić information content (AvgIpc) is 2.36. The molecule has 0 aliphatic rings. The molecule has 0 amide bonds. The first-order valence-corrected chi connectivity index (χ1v) is 8.51. The number of halogens is 3. The second-order valence-corrected chi connectivity index (χ2v) is 7.36. The predicted molar refractivity (Wildman–Crippen MR) is 99.3 cm³/mol. The molecular formula is C13H7I3O4. The van der Waals surface area contributed by atoms with Crippen molar-refractivity contribution in [2.45, 2.75) is 0 Å².